The van der Waals surface area contributed by atoms with Gasteiger partial charge in [-0.2, -0.15) is 5.10 Å². The van der Waals surface area contributed by atoms with Crippen LogP contribution < -0.4 is 4.72 Å². The van der Waals surface area contributed by atoms with Gasteiger partial charge >= 0.3 is 0 Å². The number of benzene rings is 1. The van der Waals surface area contributed by atoms with Crippen LogP contribution in [0.3, 0.4) is 0 Å². The van der Waals surface area contributed by atoms with Crippen molar-refractivity contribution in [3.05, 3.63) is 24.4 Å². The molecule has 0 aliphatic rings. The van der Waals surface area contributed by atoms with E-state index in [1.54, 1.807) is 30.1 Å². The van der Waals surface area contributed by atoms with Gasteiger partial charge in [0, 0.05) is 18.3 Å². The van der Waals surface area contributed by atoms with Crippen molar-refractivity contribution >= 4 is 38.2 Å². The van der Waals surface area contributed by atoms with E-state index in [2.05, 4.69) is 9.82 Å². The molecule has 1 aromatic heterocycles. The van der Waals surface area contributed by atoms with Gasteiger partial charge in [0.05, 0.1) is 23.2 Å². The van der Waals surface area contributed by atoms with E-state index < -0.39 is 10.0 Å². The van der Waals surface area contributed by atoms with Gasteiger partial charge in [0.2, 0.25) is 10.0 Å². The lowest BCUT2D eigenvalue weighted by molar-refractivity contribution is 0.600. The van der Waals surface area contributed by atoms with Crippen molar-refractivity contribution in [1.82, 2.24) is 9.78 Å². The number of para-hydroxylation sites is 1. The van der Waals surface area contributed by atoms with Crippen molar-refractivity contribution in [3.8, 4) is 0 Å². The summed E-state index contributed by atoms with van der Waals surface area (Å²) < 4.78 is 27.9. The molecule has 1 aromatic carbocycles. The number of aryl methyl sites for hydroxylation is 1. The van der Waals surface area contributed by atoms with Gasteiger partial charge in [0.15, 0.2) is 0 Å². The maximum absolute atomic E-state index is 11.8. The Hall–Kier alpha value is -1.27. The molecule has 0 radical (unpaired) electrons. The van der Waals surface area contributed by atoms with Crippen molar-refractivity contribution in [2.75, 3.05) is 16.4 Å². The molecule has 0 amide bonds. The molecular formula is C11H14ClN3O2S. The van der Waals surface area contributed by atoms with Crippen LogP contribution in [0.4, 0.5) is 5.69 Å². The molecule has 0 aliphatic carbocycles. The molecule has 0 bridgehead atoms. The van der Waals surface area contributed by atoms with Crippen LogP contribution in [0.25, 0.3) is 10.9 Å². The summed E-state index contributed by atoms with van der Waals surface area (Å²) in [6.45, 7) is 0. The van der Waals surface area contributed by atoms with Gasteiger partial charge in [0.1, 0.15) is 0 Å². The van der Waals surface area contributed by atoms with Gasteiger partial charge in [-0.3, -0.25) is 9.40 Å². The first-order valence-electron chi connectivity index (χ1n) is 5.51. The van der Waals surface area contributed by atoms with Crippen LogP contribution in [0.15, 0.2) is 24.4 Å². The molecule has 1 N–H and O–H groups in total. The summed E-state index contributed by atoms with van der Waals surface area (Å²) in [5.41, 5.74) is 1.31. The lowest BCUT2D eigenvalue weighted by Crippen LogP contribution is -2.17. The fourth-order valence-electron chi connectivity index (χ4n) is 1.78. The molecule has 0 atom stereocenters. The second-order valence-corrected chi connectivity index (χ2v) is 6.19. The number of hydrogen-bond acceptors (Lipinski definition) is 3. The molecule has 98 valence electrons. The number of nitrogens with zero attached hydrogens (tertiary/aromatic N) is 2. The Morgan fingerprint density at radius 2 is 2.22 bits per heavy atom. The summed E-state index contributed by atoms with van der Waals surface area (Å²) >= 11 is 5.51. The van der Waals surface area contributed by atoms with E-state index in [0.717, 1.165) is 10.9 Å². The third kappa shape index (κ3) is 2.76. The molecule has 0 aliphatic heterocycles. The average molecular weight is 288 g/mol. The summed E-state index contributed by atoms with van der Waals surface area (Å²) in [6, 6.07) is 5.41. The van der Waals surface area contributed by atoms with E-state index in [0.29, 0.717) is 18.0 Å². The summed E-state index contributed by atoms with van der Waals surface area (Å²) in [7, 11) is -1.58. The van der Waals surface area contributed by atoms with Gasteiger partial charge in [-0.15, -0.1) is 11.6 Å². The first-order valence-corrected chi connectivity index (χ1v) is 7.69. The second-order valence-electron chi connectivity index (χ2n) is 3.98. The molecule has 1 heterocycles. The molecular weight excluding hydrogens is 274 g/mol. The van der Waals surface area contributed by atoms with Gasteiger partial charge in [0.25, 0.3) is 0 Å². The Bertz CT molecular complexity index is 651. The fourth-order valence-corrected chi connectivity index (χ4v) is 3.20. The van der Waals surface area contributed by atoms with Crippen LogP contribution >= 0.6 is 11.6 Å². The normalized spacial score (nSPS) is 11.9. The zero-order chi connectivity index (χ0) is 13.2. The maximum atomic E-state index is 11.8. The maximum Gasteiger partial charge on any atom is 0.232 e. The number of anilines is 1. The third-order valence-electron chi connectivity index (χ3n) is 2.57. The summed E-state index contributed by atoms with van der Waals surface area (Å²) in [6.07, 6.45) is 2.13. The Morgan fingerprint density at radius 1 is 1.44 bits per heavy atom. The quantitative estimate of drug-likeness (QED) is 0.855. The number of nitrogens with one attached hydrogen (secondary N) is 1. The molecule has 0 saturated carbocycles. The van der Waals surface area contributed by atoms with E-state index in [-0.39, 0.29) is 5.75 Å². The number of alkyl halides is 1. The Labute approximate surface area is 111 Å². The number of fused-ring (bicyclic) bond motifs is 1. The zero-order valence-electron chi connectivity index (χ0n) is 9.93. The van der Waals surface area contributed by atoms with Gasteiger partial charge in [-0.05, 0) is 12.5 Å². The SMILES string of the molecule is Cn1ncc2cccc(NS(=O)(=O)CCCCl)c21. The Balaban J connectivity index is 2.34. The Kier molecular flexibility index (Phi) is 3.77. The average Bonchev–Trinajstić information content (AvgIpc) is 2.69. The number of hydrogen-bond donors (Lipinski definition) is 1. The van der Waals surface area contributed by atoms with E-state index in [9.17, 15) is 8.42 Å². The number of halogens is 1. The smallest absolute Gasteiger partial charge is 0.232 e. The van der Waals surface area contributed by atoms with Crippen molar-refractivity contribution in [2.24, 2.45) is 7.05 Å². The number of aromatic nitrogens is 2. The minimum atomic E-state index is -3.36. The van der Waals surface area contributed by atoms with Crippen molar-refractivity contribution in [1.29, 1.82) is 0 Å². The van der Waals surface area contributed by atoms with Crippen molar-refractivity contribution in [2.45, 2.75) is 6.42 Å². The lowest BCUT2D eigenvalue weighted by Gasteiger charge is -2.09. The van der Waals surface area contributed by atoms with Gasteiger partial charge in [-0.25, -0.2) is 8.42 Å². The fraction of sp³-hybridized carbons (Fsp3) is 0.364. The van der Waals surface area contributed by atoms with E-state index in [4.69, 9.17) is 11.6 Å². The second kappa shape index (κ2) is 5.16. The predicted octanol–water partition coefficient (Wildman–Crippen LogP) is 1.94. The highest BCUT2D eigenvalue weighted by Crippen LogP contribution is 2.23. The molecule has 7 heteroatoms. The highest BCUT2D eigenvalue weighted by atomic mass is 35.5. The summed E-state index contributed by atoms with van der Waals surface area (Å²) in [4.78, 5) is 0. The van der Waals surface area contributed by atoms with E-state index >= 15 is 0 Å². The largest absolute Gasteiger partial charge is 0.281 e. The van der Waals surface area contributed by atoms with Gasteiger partial charge < -0.3 is 0 Å². The molecule has 0 saturated heterocycles. The summed E-state index contributed by atoms with van der Waals surface area (Å²) in [5, 5.41) is 5.01. The lowest BCUT2D eigenvalue weighted by atomic mass is 10.2. The first-order chi connectivity index (χ1) is 8.53. The standard InChI is InChI=1S/C11H14ClN3O2S/c1-15-11-9(8-13-15)4-2-5-10(11)14-18(16,17)7-3-6-12/h2,4-5,8,14H,3,6-7H2,1H3. The number of sulfonamides is 1. The van der Waals surface area contributed by atoms with Crippen LogP contribution in [0.1, 0.15) is 6.42 Å². The van der Waals surface area contributed by atoms with E-state index in [1.807, 2.05) is 6.07 Å². The topological polar surface area (TPSA) is 64.0 Å². The first kappa shape index (κ1) is 13.2. The minimum Gasteiger partial charge on any atom is -0.281 e. The highest BCUT2D eigenvalue weighted by molar-refractivity contribution is 7.92. The summed E-state index contributed by atoms with van der Waals surface area (Å²) in [5.74, 6) is 0.349. The molecule has 0 unspecified atom stereocenters. The van der Waals surface area contributed by atoms with Crippen molar-refractivity contribution < 1.29 is 8.42 Å². The molecule has 2 aromatic rings. The number of rotatable bonds is 5. The predicted molar refractivity (Wildman–Crippen MR) is 73.5 cm³/mol. The third-order valence-corrected chi connectivity index (χ3v) is 4.20. The molecule has 2 rings (SSSR count). The molecule has 0 fully saturated rings. The van der Waals surface area contributed by atoms with Crippen LogP contribution in [0.2, 0.25) is 0 Å². The van der Waals surface area contributed by atoms with Crippen LogP contribution in [0, 0.1) is 0 Å². The zero-order valence-corrected chi connectivity index (χ0v) is 11.5. The highest BCUT2D eigenvalue weighted by Gasteiger charge is 2.13. The van der Waals surface area contributed by atoms with Crippen LogP contribution in [0.5, 0.6) is 0 Å². The monoisotopic (exact) mass is 287 g/mol. The molecule has 0 spiro atoms. The van der Waals surface area contributed by atoms with Crippen LogP contribution in [-0.2, 0) is 17.1 Å². The molecule has 18 heavy (non-hydrogen) atoms. The molecule has 5 nitrogen and oxygen atoms in total. The van der Waals surface area contributed by atoms with Crippen LogP contribution in [-0.4, -0.2) is 29.8 Å². The van der Waals surface area contributed by atoms with Crippen molar-refractivity contribution in [3.63, 3.8) is 0 Å². The van der Waals surface area contributed by atoms with E-state index in [1.165, 1.54) is 0 Å². The van der Waals surface area contributed by atoms with Gasteiger partial charge in [-0.1, -0.05) is 12.1 Å². The minimum absolute atomic E-state index is 0.0186. The Morgan fingerprint density at radius 3 is 2.94 bits per heavy atom.